The summed E-state index contributed by atoms with van der Waals surface area (Å²) in [6, 6.07) is -0.186. The second-order valence-corrected chi connectivity index (χ2v) is 8.19. The van der Waals surface area contributed by atoms with E-state index >= 15 is 0 Å². The third-order valence-corrected chi connectivity index (χ3v) is 5.94. The van der Waals surface area contributed by atoms with Gasteiger partial charge in [-0.25, -0.2) is 13.1 Å². The van der Waals surface area contributed by atoms with Crippen LogP contribution in [0.25, 0.3) is 0 Å². The number of amides is 1. The van der Waals surface area contributed by atoms with E-state index in [1.54, 1.807) is 13.8 Å². The molecule has 0 spiro atoms. The van der Waals surface area contributed by atoms with Crippen molar-refractivity contribution in [3.05, 3.63) is 0 Å². The molecule has 4 atom stereocenters. The van der Waals surface area contributed by atoms with Gasteiger partial charge in [-0.05, 0) is 44.9 Å². The quantitative estimate of drug-likeness (QED) is 0.632. The number of sulfonamides is 1. The molecule has 0 aromatic heterocycles. The Morgan fingerprint density at radius 1 is 1.30 bits per heavy atom. The largest absolute Gasteiger partial charge is 0.355 e. The summed E-state index contributed by atoms with van der Waals surface area (Å²) < 4.78 is 25.8. The number of fused-ring (bicyclic) bond motifs is 2. The molecule has 116 valence electrons. The molecule has 0 heterocycles. The first-order valence-electron chi connectivity index (χ1n) is 7.33. The van der Waals surface area contributed by atoms with Crippen molar-refractivity contribution in [1.82, 2.24) is 10.0 Å². The molecule has 0 saturated heterocycles. The van der Waals surface area contributed by atoms with Gasteiger partial charge in [-0.1, -0.05) is 0 Å². The lowest BCUT2D eigenvalue weighted by molar-refractivity contribution is -0.126. The fourth-order valence-electron chi connectivity index (χ4n) is 3.57. The van der Waals surface area contributed by atoms with Gasteiger partial charge in [0.25, 0.3) is 0 Å². The van der Waals surface area contributed by atoms with Crippen molar-refractivity contribution in [3.63, 3.8) is 0 Å². The van der Waals surface area contributed by atoms with Crippen molar-refractivity contribution in [2.75, 3.05) is 12.3 Å². The van der Waals surface area contributed by atoms with E-state index in [0.29, 0.717) is 11.8 Å². The predicted molar refractivity (Wildman–Crippen MR) is 77.4 cm³/mol. The lowest BCUT2D eigenvalue weighted by Gasteiger charge is -2.27. The molecule has 2 rings (SSSR count). The first kappa shape index (κ1) is 15.7. The number of nitrogens with two attached hydrogens (primary N) is 1. The molecule has 20 heavy (non-hydrogen) atoms. The van der Waals surface area contributed by atoms with Crippen LogP contribution in [0.1, 0.15) is 33.1 Å². The number of nitrogens with one attached hydrogen (secondary N) is 2. The molecule has 1 amide bonds. The minimum Gasteiger partial charge on any atom is -0.355 e. The topological polar surface area (TPSA) is 101 Å². The maximum absolute atomic E-state index is 12.1. The third-order valence-electron chi connectivity index (χ3n) is 4.37. The Bertz CT molecular complexity index is 461. The summed E-state index contributed by atoms with van der Waals surface area (Å²) in [6.45, 7) is 3.68. The normalized spacial score (nSPS) is 32.8. The van der Waals surface area contributed by atoms with Crippen molar-refractivity contribution >= 4 is 15.9 Å². The molecule has 0 aromatic carbocycles. The molecule has 7 heteroatoms. The van der Waals surface area contributed by atoms with Gasteiger partial charge in [0, 0.05) is 18.6 Å². The Morgan fingerprint density at radius 2 is 1.95 bits per heavy atom. The van der Waals surface area contributed by atoms with E-state index in [0.717, 1.165) is 19.3 Å². The van der Waals surface area contributed by atoms with Crippen LogP contribution in [0, 0.1) is 17.8 Å². The van der Waals surface area contributed by atoms with Gasteiger partial charge in [0.1, 0.15) is 0 Å². The summed E-state index contributed by atoms with van der Waals surface area (Å²) in [7, 11) is -3.32. The molecule has 0 aliphatic heterocycles. The first-order valence-corrected chi connectivity index (χ1v) is 8.98. The highest BCUT2D eigenvalue weighted by molar-refractivity contribution is 7.89. The third kappa shape index (κ3) is 3.51. The van der Waals surface area contributed by atoms with E-state index in [2.05, 4.69) is 10.0 Å². The summed E-state index contributed by atoms with van der Waals surface area (Å²) in [5.41, 5.74) is 6.10. The van der Waals surface area contributed by atoms with Crippen molar-refractivity contribution in [1.29, 1.82) is 0 Å². The molecule has 4 N–H and O–H groups in total. The molecule has 2 fully saturated rings. The van der Waals surface area contributed by atoms with E-state index < -0.39 is 10.0 Å². The monoisotopic (exact) mass is 303 g/mol. The zero-order valence-electron chi connectivity index (χ0n) is 12.1. The van der Waals surface area contributed by atoms with E-state index in [9.17, 15) is 13.2 Å². The van der Waals surface area contributed by atoms with Crippen molar-refractivity contribution in [2.45, 2.75) is 45.2 Å². The van der Waals surface area contributed by atoms with Crippen molar-refractivity contribution in [3.8, 4) is 0 Å². The van der Waals surface area contributed by atoms with Gasteiger partial charge in [-0.2, -0.15) is 0 Å². The lowest BCUT2D eigenvalue weighted by atomic mass is 9.84. The molecular weight excluding hydrogens is 278 g/mol. The Kier molecular flexibility index (Phi) is 4.71. The fraction of sp³-hybridized carbons (Fsp3) is 0.923. The van der Waals surface area contributed by atoms with Gasteiger partial charge in [0.05, 0.1) is 11.7 Å². The van der Waals surface area contributed by atoms with E-state index in [1.165, 1.54) is 0 Å². The molecule has 0 aromatic rings. The van der Waals surface area contributed by atoms with Gasteiger partial charge >= 0.3 is 0 Å². The van der Waals surface area contributed by atoms with Crippen LogP contribution in [0.5, 0.6) is 0 Å². The average Bonchev–Trinajstić information content (AvgIpc) is 2.86. The number of rotatable bonds is 6. The summed E-state index contributed by atoms with van der Waals surface area (Å²) in [4.78, 5) is 12.1. The SMILES string of the molecule is CC(C)NS(=O)(=O)CCNC(=O)C1C2CCC(C2)C1N. The van der Waals surface area contributed by atoms with Crippen molar-refractivity contribution < 1.29 is 13.2 Å². The lowest BCUT2D eigenvalue weighted by Crippen LogP contribution is -2.46. The first-order chi connectivity index (χ1) is 9.30. The molecular formula is C13H25N3O3S. The summed E-state index contributed by atoms with van der Waals surface area (Å²) in [5, 5.41) is 2.73. The van der Waals surface area contributed by atoms with Crippen LogP contribution in [0.3, 0.4) is 0 Å². The van der Waals surface area contributed by atoms with Crippen LogP contribution in [-0.2, 0) is 14.8 Å². The number of carbonyl (C=O) groups is 1. The summed E-state index contributed by atoms with van der Waals surface area (Å²) in [6.07, 6.45) is 3.25. The Morgan fingerprint density at radius 3 is 2.50 bits per heavy atom. The Balaban J connectivity index is 1.79. The minimum absolute atomic E-state index is 0.0563. The number of carbonyl (C=O) groups excluding carboxylic acids is 1. The molecule has 2 aliphatic carbocycles. The minimum atomic E-state index is -3.32. The molecule has 0 radical (unpaired) electrons. The number of hydrogen-bond acceptors (Lipinski definition) is 4. The van der Waals surface area contributed by atoms with Gasteiger partial charge in [-0.15, -0.1) is 0 Å². The average molecular weight is 303 g/mol. The van der Waals surface area contributed by atoms with Crippen LogP contribution in [0.4, 0.5) is 0 Å². The highest BCUT2D eigenvalue weighted by Gasteiger charge is 2.48. The molecule has 2 aliphatic rings. The highest BCUT2D eigenvalue weighted by Crippen LogP contribution is 2.47. The molecule has 2 bridgehead atoms. The summed E-state index contributed by atoms with van der Waals surface area (Å²) >= 11 is 0. The van der Waals surface area contributed by atoms with Crippen molar-refractivity contribution in [2.24, 2.45) is 23.5 Å². The van der Waals surface area contributed by atoms with E-state index in [-0.39, 0.29) is 36.2 Å². The van der Waals surface area contributed by atoms with Crippen LogP contribution in [0.2, 0.25) is 0 Å². The van der Waals surface area contributed by atoms with Crippen LogP contribution in [0.15, 0.2) is 0 Å². The molecule has 4 unspecified atom stereocenters. The maximum Gasteiger partial charge on any atom is 0.225 e. The van der Waals surface area contributed by atoms with Crippen LogP contribution >= 0.6 is 0 Å². The zero-order chi connectivity index (χ0) is 14.9. The van der Waals surface area contributed by atoms with Gasteiger partial charge in [0.2, 0.25) is 15.9 Å². The molecule has 6 nitrogen and oxygen atoms in total. The Hall–Kier alpha value is -0.660. The summed E-state index contributed by atoms with van der Waals surface area (Å²) in [5.74, 6) is 0.564. The van der Waals surface area contributed by atoms with Crippen LogP contribution < -0.4 is 15.8 Å². The Labute approximate surface area is 120 Å². The van der Waals surface area contributed by atoms with E-state index in [1.807, 2.05) is 0 Å². The fourth-order valence-corrected chi connectivity index (χ4v) is 4.78. The zero-order valence-corrected chi connectivity index (χ0v) is 12.9. The van der Waals surface area contributed by atoms with E-state index in [4.69, 9.17) is 5.73 Å². The second-order valence-electron chi connectivity index (χ2n) is 6.32. The predicted octanol–water partition coefficient (Wildman–Crippen LogP) is -0.196. The van der Waals surface area contributed by atoms with Gasteiger partial charge < -0.3 is 11.1 Å². The standard InChI is InChI=1S/C13H25N3O3S/c1-8(2)16-20(18,19)6-5-15-13(17)11-9-3-4-10(7-9)12(11)14/h8-12,16H,3-7,14H2,1-2H3,(H,15,17). The number of hydrogen-bond donors (Lipinski definition) is 3. The molecule has 2 saturated carbocycles. The van der Waals surface area contributed by atoms with Gasteiger partial charge in [-0.3, -0.25) is 4.79 Å². The smallest absolute Gasteiger partial charge is 0.225 e. The second kappa shape index (κ2) is 5.99. The van der Waals surface area contributed by atoms with Crippen LogP contribution in [-0.4, -0.2) is 38.7 Å². The maximum atomic E-state index is 12.1. The highest BCUT2D eigenvalue weighted by atomic mass is 32.2. The van der Waals surface area contributed by atoms with Gasteiger partial charge in [0.15, 0.2) is 0 Å².